The van der Waals surface area contributed by atoms with Crippen molar-refractivity contribution in [3.63, 3.8) is 0 Å². The topological polar surface area (TPSA) is 154 Å². The summed E-state index contributed by atoms with van der Waals surface area (Å²) in [5.74, 6) is -0.0817. The molecular weight excluding hydrogens is 490 g/mol. The normalized spacial score (nSPS) is 10.1. The van der Waals surface area contributed by atoms with E-state index in [9.17, 15) is 20.1 Å². The number of hydrogen-bond acceptors (Lipinski definition) is 7. The molecule has 1 aromatic heterocycles. The summed E-state index contributed by atoms with van der Waals surface area (Å²) >= 11 is 3.37. The minimum Gasteiger partial charge on any atom is -0.493 e. The number of amides is 1. The summed E-state index contributed by atoms with van der Waals surface area (Å²) in [5, 5.41) is 21.7. The zero-order valence-electron chi connectivity index (χ0n) is 17.7. The third-order valence-corrected chi connectivity index (χ3v) is 5.26. The Hall–Kier alpha value is -4.28. The van der Waals surface area contributed by atoms with E-state index in [1.807, 2.05) is 31.2 Å². The van der Waals surface area contributed by atoms with Crippen LogP contribution >= 0.6 is 15.9 Å². The van der Waals surface area contributed by atoms with Crippen molar-refractivity contribution in [1.82, 2.24) is 4.98 Å². The summed E-state index contributed by atoms with van der Waals surface area (Å²) in [5.41, 5.74) is 6.87. The minimum absolute atomic E-state index is 0.0498. The number of aryl methyl sites for hydroxylation is 1. The number of H-pyrrole nitrogens is 1. The van der Waals surface area contributed by atoms with Crippen molar-refractivity contribution >= 4 is 33.3 Å². The fourth-order valence-electron chi connectivity index (χ4n) is 3.11. The van der Waals surface area contributed by atoms with E-state index < -0.39 is 5.56 Å². The van der Waals surface area contributed by atoms with Gasteiger partial charge in [-0.3, -0.25) is 9.59 Å². The molecule has 4 N–H and O–H groups in total. The van der Waals surface area contributed by atoms with Gasteiger partial charge in [-0.1, -0.05) is 17.7 Å². The maximum atomic E-state index is 12.3. The molecule has 33 heavy (non-hydrogen) atoms. The zero-order chi connectivity index (χ0) is 24.1. The lowest BCUT2D eigenvalue weighted by Gasteiger charge is -2.16. The zero-order valence-corrected chi connectivity index (χ0v) is 19.2. The van der Waals surface area contributed by atoms with Crippen molar-refractivity contribution in [1.29, 1.82) is 10.5 Å². The summed E-state index contributed by atoms with van der Waals surface area (Å²) in [6.07, 6.45) is 0. The van der Waals surface area contributed by atoms with Gasteiger partial charge in [0.05, 0.1) is 11.6 Å². The number of rotatable bonds is 6. The van der Waals surface area contributed by atoms with Gasteiger partial charge in [-0.2, -0.15) is 10.5 Å². The van der Waals surface area contributed by atoms with Crippen LogP contribution < -0.4 is 26.1 Å². The van der Waals surface area contributed by atoms with Crippen LogP contribution in [0.25, 0.3) is 11.1 Å². The third-order valence-electron chi connectivity index (χ3n) is 4.67. The largest absolute Gasteiger partial charge is 0.493 e. The van der Waals surface area contributed by atoms with E-state index in [4.69, 9.17) is 15.2 Å². The number of nitrogen functional groups attached to an aromatic ring is 1. The summed E-state index contributed by atoms with van der Waals surface area (Å²) in [6, 6.07) is 14.1. The Morgan fingerprint density at radius 3 is 2.45 bits per heavy atom. The molecule has 10 heteroatoms. The first-order valence-corrected chi connectivity index (χ1v) is 10.3. The first-order valence-electron chi connectivity index (χ1n) is 9.52. The summed E-state index contributed by atoms with van der Waals surface area (Å²) < 4.78 is 11.4. The number of nitriles is 2. The lowest BCUT2D eigenvalue weighted by Crippen LogP contribution is -2.20. The molecule has 0 bridgehead atoms. The number of aromatic amines is 1. The number of anilines is 2. The molecule has 0 atom stereocenters. The number of nitrogens with one attached hydrogen (secondary N) is 2. The van der Waals surface area contributed by atoms with Crippen LogP contribution in [-0.2, 0) is 4.79 Å². The second-order valence-corrected chi connectivity index (χ2v) is 7.76. The summed E-state index contributed by atoms with van der Waals surface area (Å²) in [6.45, 7) is 1.65. The molecule has 0 unspecified atom stereocenters. The molecule has 1 heterocycles. The molecule has 3 rings (SSSR count). The Balaban J connectivity index is 1.94. The fraction of sp³-hybridized carbons (Fsp3) is 0.130. The molecule has 1 amide bonds. The molecule has 0 radical (unpaired) electrons. The van der Waals surface area contributed by atoms with Crippen LogP contribution in [0.5, 0.6) is 11.5 Å². The second-order valence-electron chi connectivity index (χ2n) is 6.91. The Kier molecular flexibility index (Phi) is 7.01. The SMILES string of the molecule is COc1cc(-c2c(C#N)c(N)[nH]c(=O)c2C#N)cc(Br)c1OCC(=O)Nc1ccc(C)cc1. The van der Waals surface area contributed by atoms with Crippen molar-refractivity contribution < 1.29 is 14.3 Å². The van der Waals surface area contributed by atoms with Gasteiger partial charge in [0.1, 0.15) is 29.1 Å². The third kappa shape index (κ3) is 4.97. The van der Waals surface area contributed by atoms with Crippen molar-refractivity contribution in [2.24, 2.45) is 0 Å². The Labute approximate surface area is 197 Å². The number of benzene rings is 2. The van der Waals surface area contributed by atoms with Crippen LogP contribution in [0.2, 0.25) is 0 Å². The van der Waals surface area contributed by atoms with E-state index >= 15 is 0 Å². The molecule has 0 aliphatic heterocycles. The molecule has 0 saturated heterocycles. The van der Waals surface area contributed by atoms with E-state index in [1.165, 1.54) is 13.2 Å². The highest BCUT2D eigenvalue weighted by atomic mass is 79.9. The number of aromatic nitrogens is 1. The van der Waals surface area contributed by atoms with E-state index in [0.29, 0.717) is 15.7 Å². The highest BCUT2D eigenvalue weighted by molar-refractivity contribution is 9.10. The van der Waals surface area contributed by atoms with Gasteiger partial charge in [0.25, 0.3) is 11.5 Å². The first-order chi connectivity index (χ1) is 15.8. The standard InChI is InChI=1S/C23H18BrN5O4/c1-12-3-5-14(6-4-12)28-19(30)11-33-21-17(24)7-13(8-18(21)32-2)20-15(9-25)22(27)29-23(31)16(20)10-26/h3-8H,11H2,1-2H3,(H,28,30)(H3,27,29,31). The van der Waals surface area contributed by atoms with E-state index in [2.05, 4.69) is 26.2 Å². The molecule has 9 nitrogen and oxygen atoms in total. The number of carbonyl (C=O) groups is 1. The van der Waals surface area contributed by atoms with Crippen molar-refractivity contribution in [3.05, 3.63) is 67.9 Å². The van der Waals surface area contributed by atoms with Gasteiger partial charge in [0, 0.05) is 11.3 Å². The molecule has 3 aromatic rings. The number of pyridine rings is 1. The van der Waals surface area contributed by atoms with Crippen LogP contribution in [0.3, 0.4) is 0 Å². The average molecular weight is 508 g/mol. The monoisotopic (exact) mass is 507 g/mol. The maximum Gasteiger partial charge on any atom is 0.268 e. The van der Waals surface area contributed by atoms with Crippen LogP contribution in [0.4, 0.5) is 11.5 Å². The van der Waals surface area contributed by atoms with Gasteiger partial charge < -0.3 is 25.5 Å². The lowest BCUT2D eigenvalue weighted by atomic mass is 9.96. The number of nitrogens with zero attached hydrogens (tertiary/aromatic N) is 2. The van der Waals surface area contributed by atoms with E-state index in [1.54, 1.807) is 18.2 Å². The highest BCUT2D eigenvalue weighted by Crippen LogP contribution is 2.41. The number of hydrogen-bond donors (Lipinski definition) is 3. The quantitative estimate of drug-likeness (QED) is 0.461. The number of methoxy groups -OCH3 is 1. The number of halogens is 1. The lowest BCUT2D eigenvalue weighted by molar-refractivity contribution is -0.118. The number of ether oxygens (including phenoxy) is 2. The molecular formula is C23H18BrN5O4. The first kappa shape index (κ1) is 23.4. The molecule has 0 spiro atoms. The molecule has 0 fully saturated rings. The van der Waals surface area contributed by atoms with Gasteiger partial charge in [0.15, 0.2) is 18.1 Å². The second kappa shape index (κ2) is 9.90. The molecule has 0 aliphatic rings. The Bertz CT molecular complexity index is 1370. The van der Waals surface area contributed by atoms with E-state index in [-0.39, 0.29) is 46.5 Å². The predicted octanol–water partition coefficient (Wildman–Crippen LogP) is 3.46. The molecule has 166 valence electrons. The Morgan fingerprint density at radius 1 is 1.18 bits per heavy atom. The van der Waals surface area contributed by atoms with Gasteiger partial charge in [-0.15, -0.1) is 0 Å². The molecule has 0 saturated carbocycles. The number of carbonyl (C=O) groups excluding carboxylic acids is 1. The maximum absolute atomic E-state index is 12.3. The minimum atomic E-state index is -0.716. The van der Waals surface area contributed by atoms with Crippen molar-refractivity contribution in [3.8, 4) is 34.8 Å². The van der Waals surface area contributed by atoms with Crippen molar-refractivity contribution in [2.45, 2.75) is 6.92 Å². The predicted molar refractivity (Wildman–Crippen MR) is 126 cm³/mol. The van der Waals surface area contributed by atoms with Crippen LogP contribution in [0, 0.1) is 29.6 Å². The smallest absolute Gasteiger partial charge is 0.268 e. The van der Waals surface area contributed by atoms with Crippen molar-refractivity contribution in [2.75, 3.05) is 24.8 Å². The summed E-state index contributed by atoms with van der Waals surface area (Å²) in [4.78, 5) is 26.8. The van der Waals surface area contributed by atoms with Gasteiger partial charge in [-0.25, -0.2) is 0 Å². The van der Waals surface area contributed by atoms with Gasteiger partial charge in [0.2, 0.25) is 0 Å². The van der Waals surface area contributed by atoms with Gasteiger partial charge in [-0.05, 0) is 52.7 Å². The highest BCUT2D eigenvalue weighted by Gasteiger charge is 2.21. The molecule has 0 aliphatic carbocycles. The van der Waals surface area contributed by atoms with E-state index in [0.717, 1.165) is 5.56 Å². The van der Waals surface area contributed by atoms with Crippen LogP contribution in [0.1, 0.15) is 16.7 Å². The summed E-state index contributed by atoms with van der Waals surface area (Å²) in [7, 11) is 1.40. The fourth-order valence-corrected chi connectivity index (χ4v) is 3.66. The van der Waals surface area contributed by atoms with Gasteiger partial charge >= 0.3 is 0 Å². The molecule has 2 aromatic carbocycles. The van der Waals surface area contributed by atoms with Crippen LogP contribution in [0.15, 0.2) is 45.7 Å². The van der Waals surface area contributed by atoms with Crippen LogP contribution in [-0.4, -0.2) is 24.6 Å². The Morgan fingerprint density at radius 2 is 1.85 bits per heavy atom. The number of nitrogens with two attached hydrogens (primary N) is 1. The average Bonchev–Trinajstić information content (AvgIpc) is 2.78.